The van der Waals surface area contributed by atoms with Crippen LogP contribution >= 0.6 is 0 Å². The standard InChI is InChI=1S/C7H16N8.H2O4S/c8-6(9)14-12-4-2-1-3-5-13-15-7(10)11;1-5(2,3)4/h4-5H,1-3H2,(H4,8,9,14)(H4,10,11,15);(H2,1,2,3,4)/b12-4+,13-5+;. The third-order valence-corrected chi connectivity index (χ3v) is 1.18. The zero-order chi connectivity index (χ0) is 16.0. The highest BCUT2D eigenvalue weighted by molar-refractivity contribution is 7.79. The number of rotatable bonds is 6. The summed E-state index contributed by atoms with van der Waals surface area (Å²) in [5, 5.41) is 14.1. The predicted octanol–water partition coefficient (Wildman–Crippen LogP) is -1.98. The highest BCUT2D eigenvalue weighted by atomic mass is 32.3. The number of unbranched alkanes of at least 4 members (excludes halogenated alkanes) is 2. The van der Waals surface area contributed by atoms with Gasteiger partial charge in [-0.3, -0.25) is 9.11 Å². The predicted molar refractivity (Wildman–Crippen MR) is 76.6 cm³/mol. The maximum absolute atomic E-state index is 8.74. The maximum atomic E-state index is 8.74. The lowest BCUT2D eigenvalue weighted by atomic mass is 10.3. The van der Waals surface area contributed by atoms with Gasteiger partial charge in [-0.1, -0.05) is 0 Å². The molecule has 0 rings (SSSR count). The first-order chi connectivity index (χ1) is 9.13. The fourth-order valence-corrected chi connectivity index (χ4v) is 0.631. The van der Waals surface area contributed by atoms with E-state index in [1.54, 1.807) is 12.4 Å². The zero-order valence-corrected chi connectivity index (χ0v) is 11.3. The molecule has 20 heavy (non-hydrogen) atoms. The molecule has 0 aromatic carbocycles. The molecule has 0 spiro atoms. The molecule has 0 amide bonds. The molecule has 116 valence electrons. The Morgan fingerprint density at radius 1 is 0.900 bits per heavy atom. The number of guanidine groups is 2. The van der Waals surface area contributed by atoms with Crippen molar-refractivity contribution in [1.29, 1.82) is 0 Å². The van der Waals surface area contributed by atoms with Gasteiger partial charge in [0.25, 0.3) is 0 Å². The van der Waals surface area contributed by atoms with Crippen LogP contribution in [0.25, 0.3) is 0 Å². The van der Waals surface area contributed by atoms with Gasteiger partial charge < -0.3 is 22.9 Å². The van der Waals surface area contributed by atoms with Gasteiger partial charge in [-0.15, -0.1) is 10.2 Å². The molecule has 0 saturated carbocycles. The summed E-state index contributed by atoms with van der Waals surface area (Å²) in [6, 6.07) is 0. The molecule has 0 heterocycles. The Labute approximate surface area is 115 Å². The fraction of sp³-hybridized carbons (Fsp3) is 0.429. The average Bonchev–Trinajstić information content (AvgIpc) is 2.23. The van der Waals surface area contributed by atoms with Gasteiger partial charge in [-0.25, -0.2) is 0 Å². The summed E-state index contributed by atoms with van der Waals surface area (Å²) in [5.41, 5.74) is 20.2. The Balaban J connectivity index is 0. The van der Waals surface area contributed by atoms with Crippen molar-refractivity contribution >= 4 is 34.7 Å². The number of hydrogen-bond donors (Lipinski definition) is 6. The summed E-state index contributed by atoms with van der Waals surface area (Å²) in [4.78, 5) is 0. The molecule has 12 nitrogen and oxygen atoms in total. The van der Waals surface area contributed by atoms with E-state index in [9.17, 15) is 0 Å². The summed E-state index contributed by atoms with van der Waals surface area (Å²) < 4.78 is 31.6. The SMILES string of the molecule is NC(N)=N/N=C/CCC/C=N/N=C(N)N.O=S(=O)(O)O. The van der Waals surface area contributed by atoms with E-state index in [0.29, 0.717) is 0 Å². The lowest BCUT2D eigenvalue weighted by Crippen LogP contribution is -2.21. The number of hydrogen-bond acceptors (Lipinski definition) is 6. The van der Waals surface area contributed by atoms with Crippen LogP contribution in [0.2, 0.25) is 0 Å². The van der Waals surface area contributed by atoms with Gasteiger partial charge in [0.1, 0.15) is 0 Å². The third kappa shape index (κ3) is 36.0. The average molecular weight is 310 g/mol. The van der Waals surface area contributed by atoms with Crippen LogP contribution in [-0.4, -0.2) is 41.9 Å². The molecular weight excluding hydrogens is 292 g/mol. The lowest BCUT2D eigenvalue weighted by molar-refractivity contribution is 0.381. The first-order valence-electron chi connectivity index (χ1n) is 5.03. The molecule has 0 aliphatic heterocycles. The van der Waals surface area contributed by atoms with Crippen LogP contribution in [0.4, 0.5) is 0 Å². The molecule has 0 aromatic rings. The molecule has 0 atom stereocenters. The third-order valence-electron chi connectivity index (χ3n) is 1.18. The van der Waals surface area contributed by atoms with Crippen molar-refractivity contribution in [2.75, 3.05) is 0 Å². The van der Waals surface area contributed by atoms with E-state index < -0.39 is 10.4 Å². The molecule has 0 aromatic heterocycles. The Bertz CT molecular complexity index is 425. The van der Waals surface area contributed by atoms with Gasteiger partial charge in [0, 0.05) is 12.4 Å². The Morgan fingerprint density at radius 2 is 1.20 bits per heavy atom. The number of nitrogens with two attached hydrogens (primary N) is 4. The van der Waals surface area contributed by atoms with Crippen LogP contribution in [0.5, 0.6) is 0 Å². The first-order valence-corrected chi connectivity index (χ1v) is 6.43. The zero-order valence-electron chi connectivity index (χ0n) is 10.5. The van der Waals surface area contributed by atoms with Crippen LogP contribution in [0.1, 0.15) is 19.3 Å². The summed E-state index contributed by atoms with van der Waals surface area (Å²) in [6.07, 6.45) is 5.62. The second-order valence-corrected chi connectivity index (χ2v) is 3.92. The molecule has 10 N–H and O–H groups in total. The Kier molecular flexibility index (Phi) is 11.9. The molecule has 0 fully saturated rings. The van der Waals surface area contributed by atoms with Crippen molar-refractivity contribution in [2.45, 2.75) is 19.3 Å². The van der Waals surface area contributed by atoms with Crippen molar-refractivity contribution in [3.05, 3.63) is 0 Å². The molecule has 0 radical (unpaired) electrons. The lowest BCUT2D eigenvalue weighted by Gasteiger charge is -1.88. The van der Waals surface area contributed by atoms with Crippen molar-refractivity contribution in [3.8, 4) is 0 Å². The van der Waals surface area contributed by atoms with E-state index >= 15 is 0 Å². The summed E-state index contributed by atoms with van der Waals surface area (Å²) in [7, 11) is -4.67. The quantitative estimate of drug-likeness (QED) is 0.105. The van der Waals surface area contributed by atoms with E-state index in [1.165, 1.54) is 0 Å². The fourth-order valence-electron chi connectivity index (χ4n) is 0.631. The molecule has 0 saturated heterocycles. The normalized spacial score (nSPS) is 10.9. The van der Waals surface area contributed by atoms with E-state index in [1.807, 2.05) is 0 Å². The van der Waals surface area contributed by atoms with Crippen LogP contribution in [0.3, 0.4) is 0 Å². The molecule has 0 aliphatic carbocycles. The summed E-state index contributed by atoms with van der Waals surface area (Å²) in [6.45, 7) is 0. The second-order valence-electron chi connectivity index (χ2n) is 3.02. The van der Waals surface area contributed by atoms with Gasteiger partial charge in [0.2, 0.25) is 11.9 Å². The monoisotopic (exact) mass is 310 g/mol. The highest BCUT2D eigenvalue weighted by Crippen LogP contribution is 1.90. The second kappa shape index (κ2) is 11.8. The largest absolute Gasteiger partial charge is 0.394 e. The van der Waals surface area contributed by atoms with E-state index in [0.717, 1.165) is 19.3 Å². The van der Waals surface area contributed by atoms with Crippen molar-refractivity contribution < 1.29 is 17.5 Å². The minimum Gasteiger partial charge on any atom is -0.369 e. The van der Waals surface area contributed by atoms with Gasteiger partial charge in [0.15, 0.2) is 0 Å². The van der Waals surface area contributed by atoms with Crippen LogP contribution in [-0.2, 0) is 10.4 Å². The van der Waals surface area contributed by atoms with E-state index in [-0.39, 0.29) is 11.9 Å². The molecule has 0 aliphatic rings. The minimum absolute atomic E-state index is 0.0550. The van der Waals surface area contributed by atoms with Gasteiger partial charge >= 0.3 is 10.4 Å². The van der Waals surface area contributed by atoms with E-state index in [4.69, 9.17) is 40.5 Å². The minimum atomic E-state index is -4.67. The molecule has 0 unspecified atom stereocenters. The molecular formula is C7H18N8O4S. The maximum Gasteiger partial charge on any atom is 0.394 e. The summed E-state index contributed by atoms with van der Waals surface area (Å²) in [5.74, 6) is -0.110. The van der Waals surface area contributed by atoms with Gasteiger partial charge in [-0.05, 0) is 19.3 Å². The highest BCUT2D eigenvalue weighted by Gasteiger charge is 1.84. The first kappa shape index (κ1) is 20.1. The molecule has 0 bridgehead atoms. The Hall–Kier alpha value is -2.25. The van der Waals surface area contributed by atoms with Crippen molar-refractivity contribution in [3.63, 3.8) is 0 Å². The van der Waals surface area contributed by atoms with E-state index in [2.05, 4.69) is 20.4 Å². The topological polar surface area (TPSA) is 228 Å². The van der Waals surface area contributed by atoms with Crippen LogP contribution < -0.4 is 22.9 Å². The van der Waals surface area contributed by atoms with Crippen LogP contribution in [0.15, 0.2) is 20.4 Å². The molecule has 13 heteroatoms. The Morgan fingerprint density at radius 3 is 1.45 bits per heavy atom. The number of nitrogens with zero attached hydrogens (tertiary/aromatic N) is 4. The smallest absolute Gasteiger partial charge is 0.369 e. The van der Waals surface area contributed by atoms with Gasteiger partial charge in [0.05, 0.1) is 0 Å². The summed E-state index contributed by atoms with van der Waals surface area (Å²) >= 11 is 0. The van der Waals surface area contributed by atoms with Crippen molar-refractivity contribution in [2.24, 2.45) is 43.3 Å². The van der Waals surface area contributed by atoms with Gasteiger partial charge in [-0.2, -0.15) is 18.6 Å². The van der Waals surface area contributed by atoms with Crippen LogP contribution in [0, 0.1) is 0 Å². The van der Waals surface area contributed by atoms with Crippen molar-refractivity contribution in [1.82, 2.24) is 0 Å².